The quantitative estimate of drug-likeness (QED) is 0.600. The topological polar surface area (TPSA) is 69.7 Å². The van der Waals surface area contributed by atoms with E-state index < -0.39 is 5.60 Å². The lowest BCUT2D eigenvalue weighted by atomic mass is 9.41. The third kappa shape index (κ3) is 3.14. The Labute approximate surface area is 180 Å². The van der Waals surface area contributed by atoms with Crippen molar-refractivity contribution < 1.29 is 23.9 Å². The third-order valence-electron chi connectivity index (χ3n) is 9.99. The number of carbonyl (C=O) groups excluding carboxylic acids is 3. The molecule has 5 nitrogen and oxygen atoms in total. The molecule has 0 aliphatic heterocycles. The van der Waals surface area contributed by atoms with Gasteiger partial charge in [-0.15, -0.1) is 0 Å². The van der Waals surface area contributed by atoms with Crippen LogP contribution in [0, 0.1) is 34.5 Å². The first-order valence-electron chi connectivity index (χ1n) is 11.9. The van der Waals surface area contributed by atoms with Crippen LogP contribution in [0.5, 0.6) is 0 Å². The Bertz CT molecular complexity index is 746. The summed E-state index contributed by atoms with van der Waals surface area (Å²) in [6, 6.07) is 0. The van der Waals surface area contributed by atoms with E-state index in [1.807, 2.05) is 6.92 Å². The van der Waals surface area contributed by atoms with E-state index in [4.69, 9.17) is 9.47 Å². The van der Waals surface area contributed by atoms with Gasteiger partial charge in [0, 0.05) is 25.7 Å². The number of hydrogen-bond donors (Lipinski definition) is 0. The van der Waals surface area contributed by atoms with Gasteiger partial charge in [0.15, 0.2) is 11.4 Å². The van der Waals surface area contributed by atoms with Gasteiger partial charge in [0.1, 0.15) is 6.10 Å². The fourth-order valence-corrected chi connectivity index (χ4v) is 8.31. The van der Waals surface area contributed by atoms with Crippen LogP contribution in [0.15, 0.2) is 0 Å². The highest BCUT2D eigenvalue weighted by molar-refractivity contribution is 5.91. The Morgan fingerprint density at radius 3 is 2.30 bits per heavy atom. The molecule has 30 heavy (non-hydrogen) atoms. The highest BCUT2D eigenvalue weighted by Crippen LogP contribution is 2.67. The second-order valence-corrected chi connectivity index (χ2v) is 11.2. The van der Waals surface area contributed by atoms with Crippen molar-refractivity contribution >= 4 is 17.7 Å². The van der Waals surface area contributed by atoms with Crippen molar-refractivity contribution in [2.45, 2.75) is 104 Å². The molecule has 4 saturated carbocycles. The molecule has 0 N–H and O–H groups in total. The molecule has 0 aromatic rings. The number of ketones is 1. The van der Waals surface area contributed by atoms with Crippen molar-refractivity contribution in [3.05, 3.63) is 0 Å². The van der Waals surface area contributed by atoms with Crippen molar-refractivity contribution in [3.8, 4) is 0 Å². The van der Waals surface area contributed by atoms with Gasteiger partial charge >= 0.3 is 11.9 Å². The first-order valence-corrected chi connectivity index (χ1v) is 11.9. The second-order valence-electron chi connectivity index (χ2n) is 11.2. The predicted octanol–water partition coefficient (Wildman–Crippen LogP) is 4.85. The van der Waals surface area contributed by atoms with E-state index in [1.165, 1.54) is 26.7 Å². The van der Waals surface area contributed by atoms with Gasteiger partial charge in [0.2, 0.25) is 0 Å². The van der Waals surface area contributed by atoms with Crippen LogP contribution in [0.2, 0.25) is 0 Å². The molecule has 4 aliphatic carbocycles. The monoisotopic (exact) mass is 418 g/mol. The molecule has 0 aromatic carbocycles. The van der Waals surface area contributed by atoms with E-state index in [-0.39, 0.29) is 34.7 Å². The number of Topliss-reactive ketones (excluding diaryl/α,β-unsaturated/α-hetero) is 1. The average Bonchev–Trinajstić information content (AvgIpc) is 2.65. The molecule has 0 spiro atoms. The average molecular weight is 419 g/mol. The van der Waals surface area contributed by atoms with Crippen molar-refractivity contribution in [3.63, 3.8) is 0 Å². The zero-order valence-corrected chi connectivity index (χ0v) is 19.3. The van der Waals surface area contributed by atoms with Crippen molar-refractivity contribution in [2.24, 2.45) is 34.5 Å². The maximum absolute atomic E-state index is 13.0. The number of esters is 2. The number of ether oxygens (including phenoxy) is 2. The molecule has 0 saturated heterocycles. The summed E-state index contributed by atoms with van der Waals surface area (Å²) in [5.74, 6) is 1.82. The predicted molar refractivity (Wildman–Crippen MR) is 112 cm³/mol. The van der Waals surface area contributed by atoms with Gasteiger partial charge in [-0.25, -0.2) is 0 Å². The van der Waals surface area contributed by atoms with E-state index in [9.17, 15) is 14.4 Å². The highest BCUT2D eigenvalue weighted by atomic mass is 16.6. The summed E-state index contributed by atoms with van der Waals surface area (Å²) >= 11 is 0. The third-order valence-corrected chi connectivity index (χ3v) is 9.99. The number of fused-ring (bicyclic) bond motifs is 5. The summed E-state index contributed by atoms with van der Waals surface area (Å²) in [7, 11) is 0. The van der Waals surface area contributed by atoms with Crippen LogP contribution in [-0.2, 0) is 23.9 Å². The number of rotatable bonds is 2. The van der Waals surface area contributed by atoms with Crippen LogP contribution in [0.1, 0.15) is 92.4 Å². The van der Waals surface area contributed by atoms with E-state index in [0.29, 0.717) is 30.1 Å². The second kappa shape index (κ2) is 7.34. The van der Waals surface area contributed by atoms with Gasteiger partial charge in [-0.05, 0) is 87.4 Å². The minimum absolute atomic E-state index is 0.0746. The highest BCUT2D eigenvalue weighted by Gasteiger charge is 2.65. The van der Waals surface area contributed by atoms with Crippen LogP contribution in [0.25, 0.3) is 0 Å². The lowest BCUT2D eigenvalue weighted by molar-refractivity contribution is -0.215. The fourth-order valence-electron chi connectivity index (χ4n) is 8.31. The van der Waals surface area contributed by atoms with Crippen LogP contribution >= 0.6 is 0 Å². The molecule has 0 bridgehead atoms. The molecule has 0 heterocycles. The molecular formula is C25H38O5. The zero-order chi connectivity index (χ0) is 21.9. The zero-order valence-electron chi connectivity index (χ0n) is 19.3. The van der Waals surface area contributed by atoms with Crippen molar-refractivity contribution in [1.82, 2.24) is 0 Å². The van der Waals surface area contributed by atoms with Gasteiger partial charge < -0.3 is 9.47 Å². The lowest BCUT2D eigenvalue weighted by Gasteiger charge is -2.65. The van der Waals surface area contributed by atoms with Crippen molar-refractivity contribution in [1.29, 1.82) is 0 Å². The molecule has 8 atom stereocenters. The minimum Gasteiger partial charge on any atom is -0.463 e. The van der Waals surface area contributed by atoms with E-state index in [1.54, 1.807) is 0 Å². The Kier molecular flexibility index (Phi) is 5.34. The Morgan fingerprint density at radius 2 is 1.63 bits per heavy atom. The molecule has 0 radical (unpaired) electrons. The van der Waals surface area contributed by atoms with E-state index in [0.717, 1.165) is 38.5 Å². The first-order chi connectivity index (χ1) is 14.0. The van der Waals surface area contributed by atoms with Crippen LogP contribution in [0.4, 0.5) is 0 Å². The Balaban J connectivity index is 1.59. The molecule has 5 heteroatoms. The van der Waals surface area contributed by atoms with Gasteiger partial charge in [-0.2, -0.15) is 0 Å². The van der Waals surface area contributed by atoms with Crippen LogP contribution in [0.3, 0.4) is 0 Å². The molecule has 0 amide bonds. The van der Waals surface area contributed by atoms with E-state index >= 15 is 0 Å². The SMILES string of the molecule is CC(=O)O[C@H]1CC[C@@]2(C)[C@@H](CC[C@@H]3[C@H]2CC[C@@]2(C)[C@H]3CCC(=O)[C@@]2(C)OC(C)=O)C1. The van der Waals surface area contributed by atoms with Crippen LogP contribution < -0.4 is 0 Å². The lowest BCUT2D eigenvalue weighted by Crippen LogP contribution is -2.65. The smallest absolute Gasteiger partial charge is 0.303 e. The molecule has 4 rings (SSSR count). The molecule has 4 aliphatic rings. The van der Waals surface area contributed by atoms with Gasteiger partial charge in [-0.1, -0.05) is 13.8 Å². The van der Waals surface area contributed by atoms with Crippen molar-refractivity contribution in [2.75, 3.05) is 0 Å². The largest absolute Gasteiger partial charge is 0.463 e. The minimum atomic E-state index is -1.00. The number of hydrogen-bond acceptors (Lipinski definition) is 5. The normalized spacial score (nSPS) is 48.0. The Morgan fingerprint density at radius 1 is 0.900 bits per heavy atom. The standard InChI is InChI=1S/C25H38O5/c1-15(26)29-18-10-12-23(3)17(14-18)6-7-19-20(23)11-13-24(4)21(19)8-9-22(28)25(24,5)30-16(2)27/h17-21H,6-14H2,1-5H3/t17-,18-,19+,20+,21-,23-,24-,25+/m0/s1. The molecule has 4 fully saturated rings. The summed E-state index contributed by atoms with van der Waals surface area (Å²) in [5.41, 5.74) is -1.01. The molecule has 0 aromatic heterocycles. The van der Waals surface area contributed by atoms with Crippen LogP contribution in [-0.4, -0.2) is 29.4 Å². The first kappa shape index (κ1) is 21.8. The summed E-state index contributed by atoms with van der Waals surface area (Å²) in [6.45, 7) is 9.49. The number of carbonyl (C=O) groups is 3. The maximum atomic E-state index is 13.0. The maximum Gasteiger partial charge on any atom is 0.303 e. The molecular weight excluding hydrogens is 380 g/mol. The van der Waals surface area contributed by atoms with Gasteiger partial charge in [-0.3, -0.25) is 14.4 Å². The summed E-state index contributed by atoms with van der Waals surface area (Å²) in [5, 5.41) is 0. The summed E-state index contributed by atoms with van der Waals surface area (Å²) < 4.78 is 11.4. The fraction of sp³-hybridized carbons (Fsp3) is 0.880. The van der Waals surface area contributed by atoms with Gasteiger partial charge in [0.25, 0.3) is 0 Å². The molecule has 168 valence electrons. The van der Waals surface area contributed by atoms with E-state index in [2.05, 4.69) is 13.8 Å². The van der Waals surface area contributed by atoms with Gasteiger partial charge in [0.05, 0.1) is 0 Å². The summed E-state index contributed by atoms with van der Waals surface area (Å²) in [4.78, 5) is 36.3. The Hall–Kier alpha value is -1.39. The summed E-state index contributed by atoms with van der Waals surface area (Å²) in [6.07, 6.45) is 8.93. The molecule has 0 unspecified atom stereocenters.